The molecule has 0 aliphatic heterocycles. The van der Waals surface area contributed by atoms with Gasteiger partial charge in [-0.15, -0.1) is 11.3 Å². The zero-order valence-corrected chi connectivity index (χ0v) is 22.3. The van der Waals surface area contributed by atoms with E-state index >= 15 is 0 Å². The summed E-state index contributed by atoms with van der Waals surface area (Å²) in [6.07, 6.45) is 0.988. The predicted octanol–water partition coefficient (Wildman–Crippen LogP) is 4.22. The molecule has 3 N–H and O–H groups in total. The highest BCUT2D eigenvalue weighted by Crippen LogP contribution is 2.27. The van der Waals surface area contributed by atoms with Crippen LogP contribution in [0.1, 0.15) is 50.7 Å². The average Bonchev–Trinajstić information content (AvgIpc) is 3.15. The molecule has 0 radical (unpaired) electrons. The molecule has 2 rings (SSSR count). The number of hydrogen-bond acceptors (Lipinski definition) is 7. The molecule has 192 valence electrons. The molecule has 0 aliphatic rings. The van der Waals surface area contributed by atoms with E-state index in [2.05, 4.69) is 20.9 Å². The molecule has 35 heavy (non-hydrogen) atoms. The van der Waals surface area contributed by atoms with Crippen molar-refractivity contribution in [2.45, 2.75) is 52.8 Å². The summed E-state index contributed by atoms with van der Waals surface area (Å²) in [5, 5.41) is 11.8. The van der Waals surface area contributed by atoms with Crippen molar-refractivity contribution in [3.63, 3.8) is 0 Å². The minimum Gasteiger partial charge on any atom is -0.444 e. The first kappa shape index (κ1) is 28.1. The minimum atomic E-state index is -0.632. The van der Waals surface area contributed by atoms with Crippen molar-refractivity contribution in [1.29, 1.82) is 0 Å². The number of likely N-dealkylation sites (N-methyl/N-ethyl adjacent to an activating group) is 1. The SMILES string of the molecule is CC(C)NC(=O)N(CCN(C)C)Cc1ccc(C(=O)Nc2cscc2NC(=O)OC(C)(C)C)nc1. The third kappa shape index (κ3) is 9.91. The molecule has 0 saturated heterocycles. The predicted molar refractivity (Wildman–Crippen MR) is 139 cm³/mol. The summed E-state index contributed by atoms with van der Waals surface area (Å²) in [7, 11) is 3.91. The second-order valence-electron chi connectivity index (χ2n) is 9.66. The van der Waals surface area contributed by atoms with Crippen molar-refractivity contribution < 1.29 is 19.1 Å². The lowest BCUT2D eigenvalue weighted by Gasteiger charge is -2.25. The number of aromatic nitrogens is 1. The molecule has 0 saturated carbocycles. The van der Waals surface area contributed by atoms with E-state index in [0.29, 0.717) is 24.5 Å². The van der Waals surface area contributed by atoms with Crippen LogP contribution in [-0.4, -0.2) is 71.6 Å². The topological polar surface area (TPSA) is 116 Å². The minimum absolute atomic E-state index is 0.0281. The monoisotopic (exact) mass is 504 g/mol. The van der Waals surface area contributed by atoms with Gasteiger partial charge in [-0.05, 0) is 60.3 Å². The van der Waals surface area contributed by atoms with Gasteiger partial charge in [0.15, 0.2) is 0 Å². The number of anilines is 2. The molecule has 4 amide bonds. The molecule has 10 nitrogen and oxygen atoms in total. The molecule has 11 heteroatoms. The molecule has 2 aromatic heterocycles. The first-order valence-corrected chi connectivity index (χ1v) is 12.3. The van der Waals surface area contributed by atoms with Gasteiger partial charge in [0.1, 0.15) is 11.3 Å². The van der Waals surface area contributed by atoms with E-state index in [-0.39, 0.29) is 17.8 Å². The Morgan fingerprint density at radius 1 is 1.06 bits per heavy atom. The van der Waals surface area contributed by atoms with Gasteiger partial charge >= 0.3 is 12.1 Å². The van der Waals surface area contributed by atoms with E-state index < -0.39 is 17.6 Å². The van der Waals surface area contributed by atoms with Crippen LogP contribution in [0.4, 0.5) is 21.0 Å². The highest BCUT2D eigenvalue weighted by atomic mass is 32.1. The van der Waals surface area contributed by atoms with E-state index in [1.807, 2.05) is 32.8 Å². The fourth-order valence-corrected chi connectivity index (χ4v) is 3.59. The maximum atomic E-state index is 12.7. The maximum Gasteiger partial charge on any atom is 0.412 e. The normalized spacial score (nSPS) is 11.3. The smallest absolute Gasteiger partial charge is 0.412 e. The van der Waals surface area contributed by atoms with E-state index in [1.54, 1.807) is 54.8 Å². The van der Waals surface area contributed by atoms with E-state index in [1.165, 1.54) is 11.3 Å². The van der Waals surface area contributed by atoms with Crippen molar-refractivity contribution in [3.8, 4) is 0 Å². The van der Waals surface area contributed by atoms with Crippen molar-refractivity contribution in [1.82, 2.24) is 20.1 Å². The number of hydrogen-bond donors (Lipinski definition) is 3. The lowest BCUT2D eigenvalue weighted by Crippen LogP contribution is -2.45. The summed E-state index contributed by atoms with van der Waals surface area (Å²) in [4.78, 5) is 45.4. The third-order valence-corrected chi connectivity index (χ3v) is 5.24. The highest BCUT2D eigenvalue weighted by molar-refractivity contribution is 7.09. The summed E-state index contributed by atoms with van der Waals surface area (Å²) >= 11 is 1.33. The van der Waals surface area contributed by atoms with Gasteiger partial charge in [-0.1, -0.05) is 6.07 Å². The Kier molecular flexibility index (Phi) is 10.0. The van der Waals surface area contributed by atoms with E-state index in [0.717, 1.165) is 12.1 Å². The Morgan fingerprint density at radius 2 is 1.71 bits per heavy atom. The number of ether oxygens (including phenoxy) is 1. The van der Waals surface area contributed by atoms with Gasteiger partial charge < -0.3 is 25.2 Å². The molecule has 0 fully saturated rings. The number of thiophene rings is 1. The molecule has 0 spiro atoms. The van der Waals surface area contributed by atoms with Crippen molar-refractivity contribution in [2.24, 2.45) is 0 Å². The standard InChI is InChI=1S/C24H36N6O4S/c1-16(2)26-22(32)30(11-10-29(6)7)13-17-8-9-18(25-12-17)21(31)27-19-14-35-15-20(19)28-23(33)34-24(3,4)5/h8-9,12,14-16H,10-11,13H2,1-7H3,(H,26,32)(H,27,31)(H,28,33). The Bertz CT molecular complexity index is 998. The zero-order valence-electron chi connectivity index (χ0n) is 21.5. The van der Waals surface area contributed by atoms with E-state index in [9.17, 15) is 14.4 Å². The van der Waals surface area contributed by atoms with Gasteiger partial charge in [0.25, 0.3) is 5.91 Å². The largest absolute Gasteiger partial charge is 0.444 e. The lowest BCUT2D eigenvalue weighted by atomic mass is 10.2. The fourth-order valence-electron chi connectivity index (χ4n) is 2.87. The van der Waals surface area contributed by atoms with Crippen molar-refractivity contribution in [2.75, 3.05) is 37.8 Å². The molecule has 2 aromatic rings. The molecular weight excluding hydrogens is 468 g/mol. The van der Waals surface area contributed by atoms with Gasteiger partial charge in [0.05, 0.1) is 11.4 Å². The first-order valence-electron chi connectivity index (χ1n) is 11.4. The van der Waals surface area contributed by atoms with Crippen LogP contribution >= 0.6 is 11.3 Å². The molecule has 0 unspecified atom stereocenters. The van der Waals surface area contributed by atoms with Crippen LogP contribution in [0, 0.1) is 0 Å². The molecule has 2 heterocycles. The number of amides is 4. The number of carbonyl (C=O) groups excluding carboxylic acids is 3. The summed E-state index contributed by atoms with van der Waals surface area (Å²) in [5.74, 6) is -0.413. The van der Waals surface area contributed by atoms with Crippen LogP contribution in [0.2, 0.25) is 0 Å². The third-order valence-electron chi connectivity index (χ3n) is 4.49. The van der Waals surface area contributed by atoms with Crippen LogP contribution in [0.15, 0.2) is 29.1 Å². The van der Waals surface area contributed by atoms with Crippen LogP contribution in [0.3, 0.4) is 0 Å². The first-order chi connectivity index (χ1) is 16.3. The molecule has 0 aliphatic carbocycles. The number of pyridine rings is 1. The second-order valence-corrected chi connectivity index (χ2v) is 10.4. The second kappa shape index (κ2) is 12.5. The van der Waals surface area contributed by atoms with E-state index in [4.69, 9.17) is 4.74 Å². The summed E-state index contributed by atoms with van der Waals surface area (Å²) in [6.45, 7) is 10.8. The number of nitrogens with one attached hydrogen (secondary N) is 3. The average molecular weight is 505 g/mol. The fraction of sp³-hybridized carbons (Fsp3) is 0.500. The van der Waals surface area contributed by atoms with Gasteiger partial charge in [0, 0.05) is 42.6 Å². The summed E-state index contributed by atoms with van der Waals surface area (Å²) < 4.78 is 5.26. The molecular formula is C24H36N6O4S. The molecule has 0 bridgehead atoms. The maximum absolute atomic E-state index is 12.7. The van der Waals surface area contributed by atoms with Crippen LogP contribution in [0.25, 0.3) is 0 Å². The van der Waals surface area contributed by atoms with Gasteiger partial charge in [-0.3, -0.25) is 15.1 Å². The Morgan fingerprint density at radius 3 is 2.26 bits per heavy atom. The Hall–Kier alpha value is -3.18. The van der Waals surface area contributed by atoms with Crippen molar-refractivity contribution >= 4 is 40.7 Å². The molecule has 0 atom stereocenters. The Labute approximate surface area is 211 Å². The Balaban J connectivity index is 2.03. The van der Waals surface area contributed by atoms with Gasteiger partial charge in [-0.25, -0.2) is 9.59 Å². The molecule has 0 aromatic carbocycles. The summed E-state index contributed by atoms with van der Waals surface area (Å²) in [6, 6.07) is 3.27. The quantitative estimate of drug-likeness (QED) is 0.471. The van der Waals surface area contributed by atoms with Gasteiger partial charge in [0.2, 0.25) is 0 Å². The van der Waals surface area contributed by atoms with Gasteiger partial charge in [-0.2, -0.15) is 0 Å². The number of nitrogens with zero attached hydrogens (tertiary/aromatic N) is 3. The van der Waals surface area contributed by atoms with Crippen LogP contribution < -0.4 is 16.0 Å². The summed E-state index contributed by atoms with van der Waals surface area (Å²) in [5.41, 5.74) is 1.29. The highest BCUT2D eigenvalue weighted by Gasteiger charge is 2.19. The zero-order chi connectivity index (χ0) is 26.2. The number of carbonyl (C=O) groups is 3. The number of rotatable bonds is 9. The lowest BCUT2D eigenvalue weighted by molar-refractivity contribution is 0.0635. The van der Waals surface area contributed by atoms with Crippen LogP contribution in [0.5, 0.6) is 0 Å². The van der Waals surface area contributed by atoms with Crippen LogP contribution in [-0.2, 0) is 11.3 Å². The van der Waals surface area contributed by atoms with Crippen molar-refractivity contribution in [3.05, 3.63) is 40.3 Å². The number of urea groups is 1.